The van der Waals surface area contributed by atoms with Crippen molar-refractivity contribution in [3.63, 3.8) is 0 Å². The summed E-state index contributed by atoms with van der Waals surface area (Å²) < 4.78 is 25.9. The topological polar surface area (TPSA) is 109 Å². The molecule has 0 fully saturated rings. The summed E-state index contributed by atoms with van der Waals surface area (Å²) in [6.45, 7) is 0.156. The zero-order valence-electron chi connectivity index (χ0n) is 9.44. The molecule has 2 heterocycles. The highest BCUT2D eigenvalue weighted by molar-refractivity contribution is 7.91. The smallest absolute Gasteiger partial charge is 0.356 e. The zero-order valence-corrected chi connectivity index (χ0v) is 11.9. The SMILES string of the molecule is O=C(O)c1ncsc1S(=O)(=O)NCCc1cscn1. The summed E-state index contributed by atoms with van der Waals surface area (Å²) in [7, 11) is -3.85. The molecule has 0 aromatic carbocycles. The number of thiazole rings is 2. The van der Waals surface area contributed by atoms with Crippen LogP contribution in [-0.2, 0) is 16.4 Å². The van der Waals surface area contributed by atoms with Crippen LogP contribution in [-0.4, -0.2) is 36.0 Å². The van der Waals surface area contributed by atoms with Crippen LogP contribution in [0.3, 0.4) is 0 Å². The number of nitrogens with zero attached hydrogens (tertiary/aromatic N) is 2. The molecular formula is C9H9N3O4S3. The second-order valence-corrected chi connectivity index (χ2v) is 6.96. The molecule has 2 N–H and O–H groups in total. The Hall–Kier alpha value is -1.36. The molecule has 0 spiro atoms. The van der Waals surface area contributed by atoms with E-state index in [0.29, 0.717) is 6.42 Å². The number of hydrogen-bond acceptors (Lipinski definition) is 7. The Balaban J connectivity index is 2.06. The summed E-state index contributed by atoms with van der Waals surface area (Å²) in [5.74, 6) is -1.36. The van der Waals surface area contributed by atoms with Gasteiger partial charge >= 0.3 is 5.97 Å². The van der Waals surface area contributed by atoms with Crippen molar-refractivity contribution in [2.45, 2.75) is 10.6 Å². The lowest BCUT2D eigenvalue weighted by atomic mass is 10.3. The van der Waals surface area contributed by atoms with E-state index in [1.807, 2.05) is 5.38 Å². The Bertz CT molecular complexity index is 663. The summed E-state index contributed by atoms with van der Waals surface area (Å²) >= 11 is 2.20. The quantitative estimate of drug-likeness (QED) is 0.816. The van der Waals surface area contributed by atoms with Gasteiger partial charge in [0.05, 0.1) is 16.7 Å². The van der Waals surface area contributed by atoms with Crippen molar-refractivity contribution in [3.05, 3.63) is 27.8 Å². The van der Waals surface area contributed by atoms with E-state index in [-0.39, 0.29) is 10.8 Å². The van der Waals surface area contributed by atoms with Crippen molar-refractivity contribution >= 4 is 38.7 Å². The molecule has 0 aliphatic rings. The summed E-state index contributed by atoms with van der Waals surface area (Å²) in [6.07, 6.45) is 0.448. The molecule has 7 nitrogen and oxygen atoms in total. The van der Waals surface area contributed by atoms with E-state index >= 15 is 0 Å². The second kappa shape index (κ2) is 5.74. The van der Waals surface area contributed by atoms with E-state index in [2.05, 4.69) is 14.7 Å². The van der Waals surface area contributed by atoms with E-state index < -0.39 is 21.7 Å². The molecule has 0 unspecified atom stereocenters. The highest BCUT2D eigenvalue weighted by Crippen LogP contribution is 2.19. The number of rotatable bonds is 6. The van der Waals surface area contributed by atoms with Crippen molar-refractivity contribution in [2.75, 3.05) is 6.54 Å². The van der Waals surface area contributed by atoms with Crippen molar-refractivity contribution in [2.24, 2.45) is 0 Å². The number of carbonyl (C=O) groups is 1. The molecule has 0 radical (unpaired) electrons. The number of aromatic carboxylic acids is 1. The van der Waals surface area contributed by atoms with E-state index in [1.54, 1.807) is 5.51 Å². The van der Waals surface area contributed by atoms with Crippen LogP contribution in [0.25, 0.3) is 0 Å². The van der Waals surface area contributed by atoms with E-state index in [1.165, 1.54) is 16.8 Å². The Kier molecular flexibility index (Phi) is 4.24. The first-order valence-corrected chi connectivity index (χ1v) is 8.35. The number of hydrogen-bond donors (Lipinski definition) is 2. The Morgan fingerprint density at radius 3 is 2.79 bits per heavy atom. The third-order valence-electron chi connectivity index (χ3n) is 2.14. The lowest BCUT2D eigenvalue weighted by molar-refractivity contribution is 0.0687. The van der Waals surface area contributed by atoms with E-state index in [9.17, 15) is 13.2 Å². The van der Waals surface area contributed by atoms with Crippen LogP contribution in [0.1, 0.15) is 16.2 Å². The lowest BCUT2D eigenvalue weighted by Crippen LogP contribution is -2.26. The molecule has 0 bridgehead atoms. The third-order valence-corrected chi connectivity index (χ3v) is 5.60. The second-order valence-electron chi connectivity index (χ2n) is 3.42. The highest BCUT2D eigenvalue weighted by atomic mass is 32.2. The molecular weight excluding hydrogens is 310 g/mol. The van der Waals surface area contributed by atoms with Gasteiger partial charge in [0.25, 0.3) is 10.0 Å². The number of carboxylic acids is 1. The minimum atomic E-state index is -3.85. The van der Waals surface area contributed by atoms with Crippen molar-refractivity contribution in [1.29, 1.82) is 0 Å². The van der Waals surface area contributed by atoms with Crippen molar-refractivity contribution < 1.29 is 18.3 Å². The van der Waals surface area contributed by atoms with Gasteiger partial charge in [-0.05, 0) is 0 Å². The molecule has 2 aromatic rings. The first-order valence-electron chi connectivity index (χ1n) is 5.04. The Morgan fingerprint density at radius 2 is 2.16 bits per heavy atom. The number of aromatic nitrogens is 2. The summed E-state index contributed by atoms with van der Waals surface area (Å²) in [5, 5.41) is 10.7. The highest BCUT2D eigenvalue weighted by Gasteiger charge is 2.25. The maximum absolute atomic E-state index is 11.9. The molecule has 0 atom stereocenters. The molecule has 0 saturated heterocycles. The average molecular weight is 319 g/mol. The minimum Gasteiger partial charge on any atom is -0.476 e. The predicted octanol–water partition coefficient (Wildman–Crippen LogP) is 0.819. The molecule has 2 rings (SSSR count). The van der Waals surface area contributed by atoms with Gasteiger partial charge in [-0.1, -0.05) is 0 Å². The normalized spacial score (nSPS) is 11.6. The van der Waals surface area contributed by atoms with Crippen LogP contribution >= 0.6 is 22.7 Å². The number of carboxylic acid groups (broad SMARTS) is 1. The van der Waals surface area contributed by atoms with Crippen LogP contribution < -0.4 is 4.72 Å². The fourth-order valence-electron chi connectivity index (χ4n) is 1.31. The summed E-state index contributed by atoms with van der Waals surface area (Å²) in [6, 6.07) is 0. The summed E-state index contributed by atoms with van der Waals surface area (Å²) in [5.41, 5.74) is 3.19. The van der Waals surface area contributed by atoms with Crippen LogP contribution in [0.15, 0.2) is 20.6 Å². The Morgan fingerprint density at radius 1 is 1.37 bits per heavy atom. The standard InChI is InChI=1S/C9H9N3O4S3/c13-8(14)7-9(18-5-11-7)19(15,16)12-2-1-6-3-17-4-10-6/h3-5,12H,1-2H2,(H,13,14). The Labute approximate surface area is 117 Å². The van der Waals surface area contributed by atoms with E-state index in [0.717, 1.165) is 17.0 Å². The van der Waals surface area contributed by atoms with Gasteiger partial charge in [0.2, 0.25) is 0 Å². The molecule has 2 aromatic heterocycles. The monoisotopic (exact) mass is 319 g/mol. The minimum absolute atomic E-state index is 0.156. The van der Waals surface area contributed by atoms with Gasteiger partial charge in [-0.2, -0.15) is 0 Å². The van der Waals surface area contributed by atoms with Gasteiger partial charge in [0.1, 0.15) is 0 Å². The molecule has 10 heteroatoms. The molecule has 0 aliphatic heterocycles. The van der Waals surface area contributed by atoms with Gasteiger partial charge in [0, 0.05) is 18.3 Å². The third kappa shape index (κ3) is 3.35. The first kappa shape index (κ1) is 14.1. The fourth-order valence-corrected chi connectivity index (χ4v) is 4.12. The average Bonchev–Trinajstić information content (AvgIpc) is 2.99. The van der Waals surface area contributed by atoms with Crippen LogP contribution in [0.2, 0.25) is 0 Å². The molecule has 0 aliphatic carbocycles. The lowest BCUT2D eigenvalue weighted by Gasteiger charge is -2.04. The number of sulfonamides is 1. The molecule has 0 saturated carbocycles. The molecule has 19 heavy (non-hydrogen) atoms. The largest absolute Gasteiger partial charge is 0.476 e. The molecule has 0 amide bonds. The first-order chi connectivity index (χ1) is 9.00. The maximum Gasteiger partial charge on any atom is 0.356 e. The van der Waals surface area contributed by atoms with Crippen LogP contribution in [0, 0.1) is 0 Å². The molecule has 102 valence electrons. The van der Waals surface area contributed by atoms with Gasteiger partial charge in [0.15, 0.2) is 9.90 Å². The van der Waals surface area contributed by atoms with Gasteiger partial charge in [-0.15, -0.1) is 22.7 Å². The van der Waals surface area contributed by atoms with E-state index in [4.69, 9.17) is 5.11 Å². The van der Waals surface area contributed by atoms with Crippen LogP contribution in [0.5, 0.6) is 0 Å². The van der Waals surface area contributed by atoms with Gasteiger partial charge in [-0.25, -0.2) is 27.9 Å². The fraction of sp³-hybridized carbons (Fsp3) is 0.222. The zero-order chi connectivity index (χ0) is 13.9. The summed E-state index contributed by atoms with van der Waals surface area (Å²) in [4.78, 5) is 18.4. The van der Waals surface area contributed by atoms with Crippen LogP contribution in [0.4, 0.5) is 0 Å². The maximum atomic E-state index is 11.9. The van der Waals surface area contributed by atoms with Crippen molar-refractivity contribution in [3.8, 4) is 0 Å². The van der Waals surface area contributed by atoms with Gasteiger partial charge < -0.3 is 5.11 Å². The predicted molar refractivity (Wildman–Crippen MR) is 70.1 cm³/mol. The van der Waals surface area contributed by atoms with Gasteiger partial charge in [-0.3, -0.25) is 0 Å². The van der Waals surface area contributed by atoms with Crippen molar-refractivity contribution in [1.82, 2.24) is 14.7 Å². The number of nitrogens with one attached hydrogen (secondary N) is 1.